The number of hydrogen-bond acceptors (Lipinski definition) is 3. The molecule has 0 radical (unpaired) electrons. The molecule has 2 aliphatic heterocycles. The minimum atomic E-state index is 0.0418. The lowest BCUT2D eigenvalue weighted by Crippen LogP contribution is -2.46. The van der Waals surface area contributed by atoms with Crippen molar-refractivity contribution in [2.75, 3.05) is 39.5 Å². The van der Waals surface area contributed by atoms with E-state index in [-0.39, 0.29) is 12.0 Å². The second-order valence-corrected chi connectivity index (χ2v) is 6.94. The first-order valence-electron chi connectivity index (χ1n) is 7.67. The minimum Gasteiger partial charge on any atom is -0.396 e. The highest BCUT2D eigenvalue weighted by Crippen LogP contribution is 2.46. The number of nitrogens with zero attached hydrogens (tertiary/aromatic N) is 1. The van der Waals surface area contributed by atoms with Crippen molar-refractivity contribution in [3.8, 4) is 0 Å². The second-order valence-electron chi connectivity index (χ2n) is 6.94. The summed E-state index contributed by atoms with van der Waals surface area (Å²) in [6.45, 7) is 5.39. The summed E-state index contributed by atoms with van der Waals surface area (Å²) in [5.74, 6) is 0. The molecule has 0 aromatic heterocycles. The van der Waals surface area contributed by atoms with Crippen molar-refractivity contribution in [1.29, 1.82) is 0 Å². The van der Waals surface area contributed by atoms with Crippen LogP contribution in [-0.4, -0.2) is 49.5 Å². The van der Waals surface area contributed by atoms with Crippen molar-refractivity contribution in [2.45, 2.75) is 44.9 Å². The van der Waals surface area contributed by atoms with E-state index in [4.69, 9.17) is 4.74 Å². The number of hydrogen-bond donors (Lipinski definition) is 1. The maximum Gasteiger partial charge on any atom is 0.0557 e. The number of piperidine rings is 1. The van der Waals surface area contributed by atoms with Crippen molar-refractivity contribution >= 4 is 0 Å². The van der Waals surface area contributed by atoms with E-state index in [0.717, 1.165) is 26.2 Å². The van der Waals surface area contributed by atoms with E-state index in [1.807, 2.05) is 0 Å². The second kappa shape index (κ2) is 5.10. The molecule has 1 unspecified atom stereocenters. The van der Waals surface area contributed by atoms with Crippen LogP contribution in [0.2, 0.25) is 0 Å². The van der Waals surface area contributed by atoms with Gasteiger partial charge in [0.05, 0.1) is 13.2 Å². The minimum absolute atomic E-state index is 0.0418. The van der Waals surface area contributed by atoms with Gasteiger partial charge in [-0.2, -0.15) is 0 Å². The van der Waals surface area contributed by atoms with Gasteiger partial charge >= 0.3 is 0 Å². The third-order valence-electron chi connectivity index (χ3n) is 5.66. The Morgan fingerprint density at radius 2 is 1.72 bits per heavy atom. The molecule has 3 fully saturated rings. The molecule has 1 N–H and O–H groups in total. The van der Waals surface area contributed by atoms with Crippen molar-refractivity contribution in [1.82, 2.24) is 4.90 Å². The molecule has 2 saturated heterocycles. The highest BCUT2D eigenvalue weighted by molar-refractivity contribution is 4.92. The average Bonchev–Trinajstić information content (AvgIpc) is 3.03. The van der Waals surface area contributed by atoms with Gasteiger partial charge in [-0.3, -0.25) is 0 Å². The molecule has 3 aliphatic rings. The third kappa shape index (κ3) is 2.45. The molecule has 0 aromatic carbocycles. The monoisotopic (exact) mass is 253 g/mol. The van der Waals surface area contributed by atoms with Crippen LogP contribution in [0.5, 0.6) is 0 Å². The van der Waals surface area contributed by atoms with Gasteiger partial charge in [-0.25, -0.2) is 0 Å². The summed E-state index contributed by atoms with van der Waals surface area (Å²) >= 11 is 0. The molecule has 1 saturated carbocycles. The highest BCUT2D eigenvalue weighted by atomic mass is 16.5. The van der Waals surface area contributed by atoms with Crippen LogP contribution in [0, 0.1) is 10.8 Å². The summed E-state index contributed by atoms with van der Waals surface area (Å²) in [5.41, 5.74) is 0.745. The Labute approximate surface area is 110 Å². The molecule has 1 aliphatic carbocycles. The molecule has 0 amide bonds. The summed E-state index contributed by atoms with van der Waals surface area (Å²) < 4.78 is 5.50. The van der Waals surface area contributed by atoms with Crippen LogP contribution in [0.25, 0.3) is 0 Å². The zero-order valence-electron chi connectivity index (χ0n) is 11.5. The number of aliphatic hydroxyl groups excluding tert-OH is 1. The lowest BCUT2D eigenvalue weighted by molar-refractivity contribution is 0.0287. The fourth-order valence-electron chi connectivity index (χ4n) is 4.23. The highest BCUT2D eigenvalue weighted by Gasteiger charge is 2.40. The summed E-state index contributed by atoms with van der Waals surface area (Å²) in [5, 5.41) is 9.65. The van der Waals surface area contributed by atoms with Crippen molar-refractivity contribution in [3.05, 3.63) is 0 Å². The molecule has 104 valence electrons. The molecule has 1 spiro atoms. The molecule has 3 heteroatoms. The molecule has 3 rings (SSSR count). The zero-order valence-corrected chi connectivity index (χ0v) is 11.5. The molecule has 0 bridgehead atoms. The fourth-order valence-corrected chi connectivity index (χ4v) is 4.23. The Hall–Kier alpha value is -0.120. The first-order valence-corrected chi connectivity index (χ1v) is 7.67. The molecule has 2 heterocycles. The Morgan fingerprint density at radius 3 is 2.28 bits per heavy atom. The fraction of sp³-hybridized carbons (Fsp3) is 1.00. The van der Waals surface area contributed by atoms with Gasteiger partial charge < -0.3 is 14.7 Å². The Bertz CT molecular complexity index is 270. The largest absolute Gasteiger partial charge is 0.396 e. The van der Waals surface area contributed by atoms with E-state index in [9.17, 15) is 5.11 Å². The normalized spacial score (nSPS) is 36.5. The Kier molecular flexibility index (Phi) is 3.65. The smallest absolute Gasteiger partial charge is 0.0557 e. The topological polar surface area (TPSA) is 32.7 Å². The zero-order chi connectivity index (χ0) is 12.5. The van der Waals surface area contributed by atoms with E-state index in [1.165, 1.54) is 51.6 Å². The van der Waals surface area contributed by atoms with Crippen LogP contribution < -0.4 is 0 Å². The van der Waals surface area contributed by atoms with Gasteiger partial charge in [0.1, 0.15) is 0 Å². The standard InChI is InChI=1S/C15H27NO2/c17-12-15(7-10-18-13-15)11-16-8-5-14(6-9-16)3-1-2-4-14/h17H,1-13H2. The van der Waals surface area contributed by atoms with E-state index in [1.54, 1.807) is 0 Å². The van der Waals surface area contributed by atoms with Crippen LogP contribution >= 0.6 is 0 Å². The summed E-state index contributed by atoms with van der Waals surface area (Å²) in [7, 11) is 0. The summed E-state index contributed by atoms with van der Waals surface area (Å²) in [6.07, 6.45) is 9.64. The lowest BCUT2D eigenvalue weighted by Gasteiger charge is -2.42. The first-order chi connectivity index (χ1) is 8.76. The first kappa shape index (κ1) is 12.9. The molecule has 3 nitrogen and oxygen atoms in total. The van der Waals surface area contributed by atoms with Gasteiger partial charge in [-0.05, 0) is 50.6 Å². The maximum atomic E-state index is 9.65. The lowest BCUT2D eigenvalue weighted by atomic mass is 9.76. The van der Waals surface area contributed by atoms with E-state index in [2.05, 4.69) is 4.90 Å². The van der Waals surface area contributed by atoms with Crippen molar-refractivity contribution in [3.63, 3.8) is 0 Å². The Morgan fingerprint density at radius 1 is 1.00 bits per heavy atom. The number of rotatable bonds is 3. The van der Waals surface area contributed by atoms with Crippen LogP contribution in [0.15, 0.2) is 0 Å². The quantitative estimate of drug-likeness (QED) is 0.835. The van der Waals surface area contributed by atoms with E-state index < -0.39 is 0 Å². The predicted molar refractivity (Wildman–Crippen MR) is 71.5 cm³/mol. The molecule has 1 atom stereocenters. The van der Waals surface area contributed by atoms with Crippen LogP contribution in [0.3, 0.4) is 0 Å². The summed E-state index contributed by atoms with van der Waals surface area (Å²) in [6, 6.07) is 0. The number of aliphatic hydroxyl groups is 1. The van der Waals surface area contributed by atoms with Gasteiger partial charge in [0.15, 0.2) is 0 Å². The third-order valence-corrected chi connectivity index (χ3v) is 5.66. The summed E-state index contributed by atoms with van der Waals surface area (Å²) in [4.78, 5) is 2.58. The average molecular weight is 253 g/mol. The van der Waals surface area contributed by atoms with Crippen molar-refractivity contribution < 1.29 is 9.84 Å². The maximum absolute atomic E-state index is 9.65. The molecular formula is C15H27NO2. The van der Waals surface area contributed by atoms with Gasteiger partial charge in [0.25, 0.3) is 0 Å². The Balaban J connectivity index is 1.53. The van der Waals surface area contributed by atoms with Gasteiger partial charge in [0, 0.05) is 18.6 Å². The van der Waals surface area contributed by atoms with Gasteiger partial charge in [-0.1, -0.05) is 12.8 Å². The number of likely N-dealkylation sites (tertiary alicyclic amines) is 1. The van der Waals surface area contributed by atoms with E-state index >= 15 is 0 Å². The molecule has 0 aromatic rings. The number of ether oxygens (including phenoxy) is 1. The molecular weight excluding hydrogens is 226 g/mol. The van der Waals surface area contributed by atoms with Crippen molar-refractivity contribution in [2.24, 2.45) is 10.8 Å². The van der Waals surface area contributed by atoms with Gasteiger partial charge in [0.2, 0.25) is 0 Å². The van der Waals surface area contributed by atoms with Crippen LogP contribution in [0.4, 0.5) is 0 Å². The molecule has 18 heavy (non-hydrogen) atoms. The van der Waals surface area contributed by atoms with Crippen LogP contribution in [-0.2, 0) is 4.74 Å². The van der Waals surface area contributed by atoms with E-state index in [0.29, 0.717) is 5.41 Å². The SMILES string of the molecule is OCC1(CN2CCC3(CCCC3)CC2)CCOC1. The van der Waals surface area contributed by atoms with Gasteiger partial charge in [-0.15, -0.1) is 0 Å². The van der Waals surface area contributed by atoms with Crippen LogP contribution in [0.1, 0.15) is 44.9 Å². The predicted octanol–water partition coefficient (Wildman–Crippen LogP) is 2.04.